The minimum atomic E-state index is 0.611. The first-order chi connectivity index (χ1) is 22.8. The molecule has 0 bridgehead atoms. The Morgan fingerprint density at radius 2 is 0.978 bits per heavy atom. The highest BCUT2D eigenvalue weighted by molar-refractivity contribution is 6.28. The van der Waals surface area contributed by atoms with Gasteiger partial charge in [0.15, 0.2) is 17.5 Å². The molecule has 0 spiro atoms. The Morgan fingerprint density at radius 3 is 1.74 bits per heavy atom. The number of hydrogen-bond donors (Lipinski definition) is 0. The topological polar surface area (TPSA) is 64.5 Å². The van der Waals surface area contributed by atoms with Crippen molar-refractivity contribution >= 4 is 43.4 Å². The lowest BCUT2D eigenvalue weighted by molar-refractivity contribution is 1.07. The third kappa shape index (κ3) is 4.37. The number of benzene rings is 6. The largest absolute Gasteiger partial charge is 0.256 e. The Hall–Kier alpha value is -6.33. The molecular weight excluding hydrogens is 562 g/mol. The van der Waals surface area contributed by atoms with Crippen molar-refractivity contribution in [2.24, 2.45) is 0 Å². The van der Waals surface area contributed by atoms with Crippen LogP contribution < -0.4 is 0 Å². The first-order valence-corrected chi connectivity index (χ1v) is 15.3. The summed E-state index contributed by atoms with van der Waals surface area (Å²) in [6.07, 6.45) is 1.87. The van der Waals surface area contributed by atoms with Gasteiger partial charge in [-0.2, -0.15) is 0 Å². The Kier molecular flexibility index (Phi) is 6.06. The maximum absolute atomic E-state index is 5.25. The molecule has 3 heterocycles. The van der Waals surface area contributed by atoms with E-state index in [9.17, 15) is 0 Å². The molecule has 0 atom stereocenters. The van der Waals surface area contributed by atoms with Crippen molar-refractivity contribution in [2.45, 2.75) is 0 Å². The van der Waals surface area contributed by atoms with Gasteiger partial charge in [-0.1, -0.05) is 127 Å². The molecule has 5 nitrogen and oxygen atoms in total. The van der Waals surface area contributed by atoms with Crippen molar-refractivity contribution in [3.8, 4) is 45.4 Å². The van der Waals surface area contributed by atoms with Crippen LogP contribution in [0, 0.1) is 0 Å². The number of nitrogens with zero attached hydrogens (tertiary/aromatic N) is 5. The summed E-state index contributed by atoms with van der Waals surface area (Å²) in [5, 5.41) is 6.76. The molecular formula is C41H25N5. The van der Waals surface area contributed by atoms with Crippen LogP contribution in [0.3, 0.4) is 0 Å². The smallest absolute Gasteiger partial charge is 0.164 e. The first kappa shape index (κ1) is 26.1. The van der Waals surface area contributed by atoms with Crippen molar-refractivity contribution in [3.05, 3.63) is 152 Å². The van der Waals surface area contributed by atoms with Crippen molar-refractivity contribution < 1.29 is 0 Å². The van der Waals surface area contributed by atoms with Gasteiger partial charge in [-0.3, -0.25) is 4.98 Å². The summed E-state index contributed by atoms with van der Waals surface area (Å²) in [6.45, 7) is 0. The number of fused-ring (bicyclic) bond motifs is 7. The van der Waals surface area contributed by atoms with Crippen molar-refractivity contribution in [2.75, 3.05) is 0 Å². The second kappa shape index (κ2) is 10.7. The molecule has 0 radical (unpaired) electrons. The number of rotatable bonds is 4. The molecule has 0 fully saturated rings. The number of pyridine rings is 2. The summed E-state index contributed by atoms with van der Waals surface area (Å²) in [6, 6.07) is 49.6. The summed E-state index contributed by atoms with van der Waals surface area (Å²) in [5.41, 5.74) is 6.60. The Morgan fingerprint density at radius 1 is 0.370 bits per heavy atom. The monoisotopic (exact) mass is 587 g/mol. The quantitative estimate of drug-likeness (QED) is 0.192. The maximum atomic E-state index is 5.25. The highest BCUT2D eigenvalue weighted by Crippen LogP contribution is 2.40. The average molecular weight is 588 g/mol. The van der Waals surface area contributed by atoms with E-state index in [4.69, 9.17) is 24.9 Å². The highest BCUT2D eigenvalue weighted by Gasteiger charge is 2.17. The standard InChI is InChI=1S/C41H25N5/c1-3-11-28(12-4-1)39-44-40(29-13-5-2-6-14-29)46-41(45-39)31-16-9-15-30(25-31)37-33-23-22-26-20-21-27-17-10-24-42-38(27)35(26)36(33)32-18-7-8-19-34(32)43-37/h1-25H. The molecule has 6 aromatic carbocycles. The van der Waals surface area contributed by atoms with E-state index in [2.05, 4.69) is 72.8 Å². The minimum Gasteiger partial charge on any atom is -0.256 e. The minimum absolute atomic E-state index is 0.611. The highest BCUT2D eigenvalue weighted by atomic mass is 15.0. The van der Waals surface area contributed by atoms with E-state index in [0.717, 1.165) is 71.3 Å². The fourth-order valence-corrected chi connectivity index (χ4v) is 6.36. The van der Waals surface area contributed by atoms with E-state index in [1.807, 2.05) is 79.0 Å². The van der Waals surface area contributed by atoms with Crippen molar-refractivity contribution in [1.82, 2.24) is 24.9 Å². The van der Waals surface area contributed by atoms with Gasteiger partial charge in [0.2, 0.25) is 0 Å². The van der Waals surface area contributed by atoms with E-state index in [1.165, 1.54) is 0 Å². The molecule has 0 N–H and O–H groups in total. The summed E-state index contributed by atoms with van der Waals surface area (Å²) < 4.78 is 0. The van der Waals surface area contributed by atoms with Crippen LogP contribution in [0.2, 0.25) is 0 Å². The third-order valence-electron chi connectivity index (χ3n) is 8.51. The molecule has 0 saturated carbocycles. The lowest BCUT2D eigenvalue weighted by atomic mass is 9.93. The normalized spacial score (nSPS) is 11.5. The van der Waals surface area contributed by atoms with Crippen LogP contribution in [0.15, 0.2) is 152 Å². The molecule has 9 rings (SSSR count). The van der Waals surface area contributed by atoms with Gasteiger partial charge in [0, 0.05) is 55.4 Å². The van der Waals surface area contributed by atoms with E-state index < -0.39 is 0 Å². The molecule has 9 aromatic rings. The Labute approximate surface area is 264 Å². The Bertz CT molecular complexity index is 2520. The van der Waals surface area contributed by atoms with Crippen LogP contribution in [0.4, 0.5) is 0 Å². The first-order valence-electron chi connectivity index (χ1n) is 15.3. The van der Waals surface area contributed by atoms with Crippen molar-refractivity contribution in [3.63, 3.8) is 0 Å². The molecule has 3 aromatic heterocycles. The molecule has 0 aliphatic heterocycles. The summed E-state index contributed by atoms with van der Waals surface area (Å²) >= 11 is 0. The lowest BCUT2D eigenvalue weighted by Gasteiger charge is -2.14. The van der Waals surface area contributed by atoms with E-state index >= 15 is 0 Å². The zero-order valence-electron chi connectivity index (χ0n) is 24.7. The van der Waals surface area contributed by atoms with Crippen LogP contribution in [0.1, 0.15) is 0 Å². The molecule has 0 aliphatic rings. The second-order valence-corrected chi connectivity index (χ2v) is 11.3. The van der Waals surface area contributed by atoms with Crippen LogP contribution in [0.25, 0.3) is 88.8 Å². The van der Waals surface area contributed by atoms with E-state index in [-0.39, 0.29) is 0 Å². The fraction of sp³-hybridized carbons (Fsp3) is 0. The van der Waals surface area contributed by atoms with Gasteiger partial charge < -0.3 is 0 Å². The van der Waals surface area contributed by atoms with Gasteiger partial charge in [0.25, 0.3) is 0 Å². The number of aromatic nitrogens is 5. The number of para-hydroxylation sites is 1. The number of hydrogen-bond acceptors (Lipinski definition) is 5. The molecule has 5 heteroatoms. The zero-order valence-corrected chi connectivity index (χ0v) is 24.7. The van der Waals surface area contributed by atoms with Crippen LogP contribution in [0.5, 0.6) is 0 Å². The van der Waals surface area contributed by atoms with E-state index in [1.54, 1.807) is 0 Å². The van der Waals surface area contributed by atoms with Crippen LogP contribution in [-0.2, 0) is 0 Å². The lowest BCUT2D eigenvalue weighted by Crippen LogP contribution is -2.00. The molecule has 46 heavy (non-hydrogen) atoms. The zero-order chi connectivity index (χ0) is 30.5. The molecule has 0 aliphatic carbocycles. The van der Waals surface area contributed by atoms with Gasteiger partial charge in [-0.25, -0.2) is 19.9 Å². The average Bonchev–Trinajstić information content (AvgIpc) is 3.14. The fourth-order valence-electron chi connectivity index (χ4n) is 6.36. The van der Waals surface area contributed by atoms with Gasteiger partial charge in [0.05, 0.1) is 16.7 Å². The van der Waals surface area contributed by atoms with Gasteiger partial charge in [-0.05, 0) is 23.6 Å². The predicted octanol–water partition coefficient (Wildman–Crippen LogP) is 9.94. The predicted molar refractivity (Wildman–Crippen MR) is 187 cm³/mol. The third-order valence-corrected chi connectivity index (χ3v) is 8.51. The molecule has 0 unspecified atom stereocenters. The molecule has 0 saturated heterocycles. The van der Waals surface area contributed by atoms with Gasteiger partial charge in [0.1, 0.15) is 0 Å². The second-order valence-electron chi connectivity index (χ2n) is 11.3. The van der Waals surface area contributed by atoms with Gasteiger partial charge in [-0.15, -0.1) is 0 Å². The van der Waals surface area contributed by atoms with Crippen molar-refractivity contribution in [1.29, 1.82) is 0 Å². The van der Waals surface area contributed by atoms with Crippen LogP contribution in [-0.4, -0.2) is 24.9 Å². The molecule has 0 amide bonds. The van der Waals surface area contributed by atoms with Gasteiger partial charge >= 0.3 is 0 Å². The Balaban J connectivity index is 1.29. The van der Waals surface area contributed by atoms with Crippen LogP contribution >= 0.6 is 0 Å². The summed E-state index contributed by atoms with van der Waals surface area (Å²) in [4.78, 5) is 24.9. The SMILES string of the molecule is c1ccc(-c2nc(-c3ccccc3)nc(-c3cccc(-c4nc5ccccc5c5c4ccc4ccc6cccnc6c45)c3)n2)cc1. The maximum Gasteiger partial charge on any atom is 0.164 e. The van der Waals surface area contributed by atoms with E-state index in [0.29, 0.717) is 17.5 Å². The summed E-state index contributed by atoms with van der Waals surface area (Å²) in [5.74, 6) is 1.88. The molecule has 214 valence electrons. The summed E-state index contributed by atoms with van der Waals surface area (Å²) in [7, 11) is 0.